The lowest BCUT2D eigenvalue weighted by molar-refractivity contribution is 0.210. The smallest absolute Gasteiger partial charge is 0.203 e. The van der Waals surface area contributed by atoms with Crippen LogP contribution in [0.3, 0.4) is 0 Å². The molecule has 0 fully saturated rings. The molecule has 0 aromatic carbocycles. The predicted octanol–water partition coefficient (Wildman–Crippen LogP) is 3.70. The van der Waals surface area contributed by atoms with Crippen molar-refractivity contribution in [1.29, 1.82) is 0 Å². The van der Waals surface area contributed by atoms with Crippen molar-refractivity contribution >= 4 is 17.3 Å². The van der Waals surface area contributed by atoms with E-state index in [1.54, 1.807) is 7.11 Å². The second kappa shape index (κ2) is 7.45. The monoisotopic (exact) mass is 293 g/mol. The lowest BCUT2D eigenvalue weighted by Crippen LogP contribution is -2.16. The molecule has 2 aromatic rings. The molecule has 0 aliphatic heterocycles. The Kier molecular flexibility index (Phi) is 5.61. The van der Waals surface area contributed by atoms with Crippen molar-refractivity contribution in [2.45, 2.75) is 32.7 Å². The molecule has 1 unspecified atom stereocenters. The van der Waals surface area contributed by atoms with Crippen molar-refractivity contribution < 1.29 is 4.74 Å². The number of thiophene rings is 1. The van der Waals surface area contributed by atoms with E-state index in [1.807, 2.05) is 18.3 Å². The van der Waals surface area contributed by atoms with Gasteiger partial charge in [-0.2, -0.15) is 0 Å². The fraction of sp³-hybridized carbons (Fsp3) is 0.533. The predicted molar refractivity (Wildman–Crippen MR) is 84.7 cm³/mol. The van der Waals surface area contributed by atoms with Gasteiger partial charge in [0.1, 0.15) is 0 Å². The second-order valence-corrected chi connectivity index (χ2v) is 5.83. The summed E-state index contributed by atoms with van der Waals surface area (Å²) < 4.78 is 7.36. The first-order valence-corrected chi connectivity index (χ1v) is 7.96. The van der Waals surface area contributed by atoms with Gasteiger partial charge in [0.2, 0.25) is 5.95 Å². The molecule has 110 valence electrons. The minimum atomic E-state index is 0.367. The van der Waals surface area contributed by atoms with E-state index in [0.29, 0.717) is 12.6 Å². The maximum absolute atomic E-state index is 5.09. The summed E-state index contributed by atoms with van der Waals surface area (Å²) >= 11 is 1.81. The fourth-order valence-electron chi connectivity index (χ4n) is 2.32. The highest BCUT2D eigenvalue weighted by Gasteiger charge is 2.18. The third kappa shape index (κ3) is 3.61. The average Bonchev–Trinajstić information content (AvgIpc) is 3.06. The number of aromatic nitrogens is 2. The number of nitrogens with zero attached hydrogens (tertiary/aromatic N) is 2. The number of aryl methyl sites for hydroxylation is 1. The van der Waals surface area contributed by atoms with Gasteiger partial charge in [-0.25, -0.2) is 4.98 Å². The molecular weight excluding hydrogens is 270 g/mol. The Morgan fingerprint density at radius 1 is 1.50 bits per heavy atom. The van der Waals surface area contributed by atoms with Crippen LogP contribution in [0.5, 0.6) is 0 Å². The van der Waals surface area contributed by atoms with Crippen LogP contribution in [-0.2, 0) is 4.74 Å². The molecule has 2 heterocycles. The lowest BCUT2D eigenvalue weighted by atomic mass is 10.1. The number of rotatable bonds is 8. The Labute approximate surface area is 124 Å². The maximum atomic E-state index is 5.09. The third-order valence-electron chi connectivity index (χ3n) is 3.21. The summed E-state index contributed by atoms with van der Waals surface area (Å²) in [7, 11) is 1.71. The quantitative estimate of drug-likeness (QED) is 0.754. The van der Waals surface area contributed by atoms with Crippen molar-refractivity contribution in [3.05, 3.63) is 34.3 Å². The zero-order chi connectivity index (χ0) is 14.4. The number of hydrogen-bond acceptors (Lipinski definition) is 4. The van der Waals surface area contributed by atoms with Crippen LogP contribution in [0, 0.1) is 6.92 Å². The van der Waals surface area contributed by atoms with Crippen LogP contribution in [0.15, 0.2) is 23.7 Å². The van der Waals surface area contributed by atoms with Crippen molar-refractivity contribution in [2.24, 2.45) is 0 Å². The first kappa shape index (κ1) is 15.1. The summed E-state index contributed by atoms with van der Waals surface area (Å²) in [5, 5.41) is 5.51. The molecule has 20 heavy (non-hydrogen) atoms. The van der Waals surface area contributed by atoms with Gasteiger partial charge >= 0.3 is 0 Å². The summed E-state index contributed by atoms with van der Waals surface area (Å²) in [5.74, 6) is 0.936. The molecule has 0 radical (unpaired) electrons. The van der Waals surface area contributed by atoms with Gasteiger partial charge in [-0.1, -0.05) is 19.4 Å². The van der Waals surface area contributed by atoms with Crippen molar-refractivity contribution in [2.75, 3.05) is 25.6 Å². The number of imidazole rings is 1. The van der Waals surface area contributed by atoms with Gasteiger partial charge in [0.05, 0.1) is 18.3 Å². The van der Waals surface area contributed by atoms with E-state index in [9.17, 15) is 0 Å². The summed E-state index contributed by atoms with van der Waals surface area (Å²) in [6, 6.07) is 4.69. The molecule has 5 heteroatoms. The first-order chi connectivity index (χ1) is 9.76. The summed E-state index contributed by atoms with van der Waals surface area (Å²) in [6.45, 7) is 5.72. The molecule has 0 spiro atoms. The minimum Gasteiger partial charge on any atom is -0.383 e. The van der Waals surface area contributed by atoms with Crippen molar-refractivity contribution in [3.8, 4) is 0 Å². The highest BCUT2D eigenvalue weighted by molar-refractivity contribution is 7.10. The SMILES string of the molecule is CCCC(c1cccs1)n1cc(C)nc1NCCOC. The van der Waals surface area contributed by atoms with Crippen molar-refractivity contribution in [3.63, 3.8) is 0 Å². The van der Waals surface area contributed by atoms with Gasteiger partial charge in [0, 0.05) is 24.7 Å². The van der Waals surface area contributed by atoms with E-state index < -0.39 is 0 Å². The van der Waals surface area contributed by atoms with E-state index in [-0.39, 0.29) is 0 Å². The molecule has 2 rings (SSSR count). The largest absolute Gasteiger partial charge is 0.383 e. The van der Waals surface area contributed by atoms with Gasteiger partial charge in [-0.3, -0.25) is 0 Å². The molecule has 0 saturated heterocycles. The summed E-state index contributed by atoms with van der Waals surface area (Å²) in [4.78, 5) is 5.98. The molecule has 0 amide bonds. The zero-order valence-corrected chi connectivity index (χ0v) is 13.2. The van der Waals surface area contributed by atoms with E-state index >= 15 is 0 Å². The normalized spacial score (nSPS) is 12.6. The van der Waals surface area contributed by atoms with Gasteiger partial charge in [-0.05, 0) is 24.8 Å². The van der Waals surface area contributed by atoms with Crippen molar-refractivity contribution in [1.82, 2.24) is 9.55 Å². The Morgan fingerprint density at radius 3 is 3.00 bits per heavy atom. The van der Waals surface area contributed by atoms with Crippen LogP contribution in [0.4, 0.5) is 5.95 Å². The molecule has 4 nitrogen and oxygen atoms in total. The average molecular weight is 293 g/mol. The van der Waals surface area contributed by atoms with Crippen LogP contribution in [0.25, 0.3) is 0 Å². The second-order valence-electron chi connectivity index (χ2n) is 4.85. The van der Waals surface area contributed by atoms with Gasteiger partial charge in [0.25, 0.3) is 0 Å². The van der Waals surface area contributed by atoms with Crippen LogP contribution in [0.2, 0.25) is 0 Å². The lowest BCUT2D eigenvalue weighted by Gasteiger charge is -2.19. The summed E-state index contributed by atoms with van der Waals surface area (Å²) in [5.41, 5.74) is 1.04. The van der Waals surface area contributed by atoms with Crippen LogP contribution in [-0.4, -0.2) is 29.8 Å². The minimum absolute atomic E-state index is 0.367. The molecular formula is C15H23N3OS. The highest BCUT2D eigenvalue weighted by atomic mass is 32.1. The molecule has 1 atom stereocenters. The van der Waals surface area contributed by atoms with Gasteiger partial charge in [-0.15, -0.1) is 11.3 Å². The van der Waals surface area contributed by atoms with Crippen LogP contribution < -0.4 is 5.32 Å². The van der Waals surface area contributed by atoms with E-state index in [4.69, 9.17) is 4.74 Å². The first-order valence-electron chi connectivity index (χ1n) is 7.08. The van der Waals surface area contributed by atoms with E-state index in [0.717, 1.165) is 31.0 Å². The Balaban J connectivity index is 2.23. The Bertz CT molecular complexity index is 507. The number of ether oxygens (including phenoxy) is 1. The van der Waals surface area contributed by atoms with Gasteiger partial charge < -0.3 is 14.6 Å². The molecule has 2 aromatic heterocycles. The maximum Gasteiger partial charge on any atom is 0.203 e. The van der Waals surface area contributed by atoms with E-state index in [1.165, 1.54) is 4.88 Å². The third-order valence-corrected chi connectivity index (χ3v) is 4.19. The molecule has 0 aliphatic rings. The molecule has 0 bridgehead atoms. The molecule has 0 saturated carbocycles. The number of hydrogen-bond donors (Lipinski definition) is 1. The van der Waals surface area contributed by atoms with Crippen LogP contribution >= 0.6 is 11.3 Å². The van der Waals surface area contributed by atoms with E-state index in [2.05, 4.69) is 45.5 Å². The fourth-order valence-corrected chi connectivity index (χ4v) is 3.18. The zero-order valence-electron chi connectivity index (χ0n) is 12.4. The molecule has 1 N–H and O–H groups in total. The topological polar surface area (TPSA) is 39.1 Å². The van der Waals surface area contributed by atoms with Gasteiger partial charge in [0.15, 0.2) is 0 Å². The number of nitrogens with one attached hydrogen (secondary N) is 1. The molecule has 0 aliphatic carbocycles. The highest BCUT2D eigenvalue weighted by Crippen LogP contribution is 2.30. The van der Waals surface area contributed by atoms with Crippen LogP contribution in [0.1, 0.15) is 36.4 Å². The summed E-state index contributed by atoms with van der Waals surface area (Å²) in [6.07, 6.45) is 4.40. The standard InChI is InChI=1S/C15H23N3OS/c1-4-6-13(14-7-5-10-20-14)18-11-12(2)17-15(18)16-8-9-19-3/h5,7,10-11,13H,4,6,8-9H2,1-3H3,(H,16,17). The number of methoxy groups -OCH3 is 1. The Hall–Kier alpha value is -1.33. The Morgan fingerprint density at radius 2 is 2.35 bits per heavy atom. The number of anilines is 1.